The van der Waals surface area contributed by atoms with Crippen LogP contribution in [0, 0.1) is 6.92 Å². The number of benzene rings is 1. The molecule has 0 saturated carbocycles. The number of guanidine groups is 1. The quantitative estimate of drug-likeness (QED) is 0.345. The molecular formula is C18H31IN4O2. The van der Waals surface area contributed by atoms with Gasteiger partial charge in [-0.1, -0.05) is 6.07 Å². The van der Waals surface area contributed by atoms with Crippen LogP contribution in [-0.2, 0) is 11.3 Å². The first-order chi connectivity index (χ1) is 11.2. The number of nitrogens with zero attached hydrogens (tertiary/aromatic N) is 1. The van der Waals surface area contributed by atoms with E-state index in [1.807, 2.05) is 46.8 Å². The van der Waals surface area contributed by atoms with Crippen LogP contribution in [0.5, 0.6) is 5.75 Å². The highest BCUT2D eigenvalue weighted by Gasteiger charge is 2.13. The van der Waals surface area contributed by atoms with E-state index >= 15 is 0 Å². The molecule has 0 saturated heterocycles. The molecule has 1 aromatic rings. The second-order valence-electron chi connectivity index (χ2n) is 6.71. The largest absolute Gasteiger partial charge is 0.497 e. The van der Waals surface area contributed by atoms with E-state index in [2.05, 4.69) is 27.0 Å². The van der Waals surface area contributed by atoms with E-state index in [4.69, 9.17) is 4.74 Å². The number of carbonyl (C=O) groups is 1. The van der Waals surface area contributed by atoms with Crippen molar-refractivity contribution in [2.45, 2.75) is 46.7 Å². The topological polar surface area (TPSA) is 74.8 Å². The van der Waals surface area contributed by atoms with Gasteiger partial charge in [-0.3, -0.25) is 4.79 Å². The monoisotopic (exact) mass is 462 g/mol. The molecule has 0 radical (unpaired) electrons. The molecule has 3 N–H and O–H groups in total. The molecule has 0 spiro atoms. The average molecular weight is 462 g/mol. The number of rotatable bonds is 6. The lowest BCUT2D eigenvalue weighted by molar-refractivity contribution is -0.121. The summed E-state index contributed by atoms with van der Waals surface area (Å²) in [5.41, 5.74) is 1.94. The second-order valence-corrected chi connectivity index (χ2v) is 6.71. The first-order valence-electron chi connectivity index (χ1n) is 8.21. The van der Waals surface area contributed by atoms with Gasteiger partial charge in [-0.05, 0) is 57.9 Å². The van der Waals surface area contributed by atoms with Gasteiger partial charge in [0, 0.05) is 12.1 Å². The van der Waals surface area contributed by atoms with Crippen LogP contribution in [0.4, 0.5) is 0 Å². The Morgan fingerprint density at radius 2 is 1.88 bits per heavy atom. The van der Waals surface area contributed by atoms with Gasteiger partial charge in [0.15, 0.2) is 5.96 Å². The molecule has 1 rings (SSSR count). The zero-order chi connectivity index (χ0) is 18.2. The van der Waals surface area contributed by atoms with Crippen molar-refractivity contribution in [1.82, 2.24) is 16.0 Å². The highest BCUT2D eigenvalue weighted by molar-refractivity contribution is 14.0. The Balaban J connectivity index is 0.00000576. The Morgan fingerprint density at radius 3 is 2.44 bits per heavy atom. The van der Waals surface area contributed by atoms with Crippen molar-refractivity contribution < 1.29 is 9.53 Å². The number of carbonyl (C=O) groups excluding carboxylic acids is 1. The van der Waals surface area contributed by atoms with Gasteiger partial charge in [-0.15, -0.1) is 24.0 Å². The van der Waals surface area contributed by atoms with Crippen molar-refractivity contribution in [1.29, 1.82) is 0 Å². The van der Waals surface area contributed by atoms with Gasteiger partial charge in [-0.25, -0.2) is 4.99 Å². The number of aryl methyl sites for hydroxylation is 1. The summed E-state index contributed by atoms with van der Waals surface area (Å²) in [7, 11) is 1.65. The maximum Gasteiger partial charge on any atom is 0.239 e. The Kier molecular flexibility index (Phi) is 10.5. The molecule has 0 unspecified atom stereocenters. The maximum absolute atomic E-state index is 11.9. The SMILES string of the molecule is CCNC(=NCc1cc(C)cc(OC)c1)NCC(=O)NC(C)(C)C.I. The van der Waals surface area contributed by atoms with Crippen LogP contribution in [-0.4, -0.2) is 37.6 Å². The van der Waals surface area contributed by atoms with E-state index in [9.17, 15) is 4.79 Å². The van der Waals surface area contributed by atoms with Gasteiger partial charge in [0.05, 0.1) is 20.2 Å². The Morgan fingerprint density at radius 1 is 1.20 bits per heavy atom. The summed E-state index contributed by atoms with van der Waals surface area (Å²) >= 11 is 0. The molecule has 0 fully saturated rings. The molecular weight excluding hydrogens is 431 g/mol. The molecule has 1 aromatic carbocycles. The highest BCUT2D eigenvalue weighted by Crippen LogP contribution is 2.16. The minimum absolute atomic E-state index is 0. The number of aliphatic imine (C=N–C) groups is 1. The fourth-order valence-electron chi connectivity index (χ4n) is 2.17. The molecule has 6 nitrogen and oxygen atoms in total. The van der Waals surface area contributed by atoms with E-state index < -0.39 is 0 Å². The molecule has 0 aliphatic carbocycles. The predicted molar refractivity (Wildman–Crippen MR) is 114 cm³/mol. The maximum atomic E-state index is 11.9. The summed E-state index contributed by atoms with van der Waals surface area (Å²) in [6, 6.07) is 6.02. The van der Waals surface area contributed by atoms with Gasteiger partial charge in [0.1, 0.15) is 5.75 Å². The van der Waals surface area contributed by atoms with Crippen molar-refractivity contribution >= 4 is 35.8 Å². The standard InChI is InChI=1S/C18H30N4O2.HI/c1-7-19-17(21-12-16(23)22-18(3,4)5)20-11-14-8-13(2)9-15(10-14)24-6;/h8-10H,7,11-12H2,1-6H3,(H,22,23)(H2,19,20,21);1H. The number of amides is 1. The summed E-state index contributed by atoms with van der Waals surface area (Å²) in [6.45, 7) is 11.3. The predicted octanol–water partition coefficient (Wildman–Crippen LogP) is 2.59. The van der Waals surface area contributed by atoms with Gasteiger partial charge in [-0.2, -0.15) is 0 Å². The fourth-order valence-corrected chi connectivity index (χ4v) is 2.17. The Labute approximate surface area is 168 Å². The number of hydrogen-bond acceptors (Lipinski definition) is 3. The van der Waals surface area contributed by atoms with E-state index in [0.717, 1.165) is 23.4 Å². The fraction of sp³-hybridized carbons (Fsp3) is 0.556. The van der Waals surface area contributed by atoms with Crippen molar-refractivity contribution in [2.75, 3.05) is 20.2 Å². The third kappa shape index (κ3) is 10.2. The molecule has 1 amide bonds. The zero-order valence-electron chi connectivity index (χ0n) is 16.0. The van der Waals surface area contributed by atoms with Crippen LogP contribution >= 0.6 is 24.0 Å². The van der Waals surface area contributed by atoms with E-state index in [-0.39, 0.29) is 42.0 Å². The smallest absolute Gasteiger partial charge is 0.239 e. The third-order valence-electron chi connectivity index (χ3n) is 3.04. The van der Waals surface area contributed by atoms with Crippen LogP contribution < -0.4 is 20.7 Å². The molecule has 0 aliphatic rings. The molecule has 0 aromatic heterocycles. The Hall–Kier alpha value is -1.51. The van der Waals surface area contributed by atoms with Crippen LogP contribution in [0.15, 0.2) is 23.2 Å². The van der Waals surface area contributed by atoms with Crippen LogP contribution in [0.1, 0.15) is 38.8 Å². The van der Waals surface area contributed by atoms with Crippen molar-refractivity contribution in [3.05, 3.63) is 29.3 Å². The van der Waals surface area contributed by atoms with Crippen molar-refractivity contribution in [3.8, 4) is 5.75 Å². The molecule has 7 heteroatoms. The number of hydrogen-bond donors (Lipinski definition) is 3. The number of ether oxygens (including phenoxy) is 1. The summed E-state index contributed by atoms with van der Waals surface area (Å²) < 4.78 is 5.28. The molecule has 142 valence electrons. The second kappa shape index (κ2) is 11.2. The highest BCUT2D eigenvalue weighted by atomic mass is 127. The lowest BCUT2D eigenvalue weighted by Gasteiger charge is -2.21. The van der Waals surface area contributed by atoms with Crippen molar-refractivity contribution in [2.24, 2.45) is 4.99 Å². The third-order valence-corrected chi connectivity index (χ3v) is 3.04. The van der Waals surface area contributed by atoms with Gasteiger partial charge < -0.3 is 20.7 Å². The first kappa shape index (κ1) is 23.5. The summed E-state index contributed by atoms with van der Waals surface area (Å²) in [5.74, 6) is 1.37. The van der Waals surface area contributed by atoms with E-state index in [1.54, 1.807) is 7.11 Å². The molecule has 0 heterocycles. The lowest BCUT2D eigenvalue weighted by Crippen LogP contribution is -2.48. The number of halogens is 1. The van der Waals surface area contributed by atoms with Crippen LogP contribution in [0.25, 0.3) is 0 Å². The van der Waals surface area contributed by atoms with E-state index in [0.29, 0.717) is 12.5 Å². The average Bonchev–Trinajstić information content (AvgIpc) is 2.47. The van der Waals surface area contributed by atoms with Crippen LogP contribution in [0.3, 0.4) is 0 Å². The summed E-state index contributed by atoms with van der Waals surface area (Å²) in [4.78, 5) is 16.4. The molecule has 0 atom stereocenters. The minimum atomic E-state index is -0.244. The summed E-state index contributed by atoms with van der Waals surface area (Å²) in [5, 5.41) is 9.11. The van der Waals surface area contributed by atoms with Crippen molar-refractivity contribution in [3.63, 3.8) is 0 Å². The zero-order valence-corrected chi connectivity index (χ0v) is 18.4. The van der Waals surface area contributed by atoms with Gasteiger partial charge >= 0.3 is 0 Å². The van der Waals surface area contributed by atoms with Gasteiger partial charge in [0.2, 0.25) is 5.91 Å². The van der Waals surface area contributed by atoms with Gasteiger partial charge in [0.25, 0.3) is 0 Å². The molecule has 0 bridgehead atoms. The minimum Gasteiger partial charge on any atom is -0.497 e. The lowest BCUT2D eigenvalue weighted by atomic mass is 10.1. The normalized spacial score (nSPS) is 11.4. The van der Waals surface area contributed by atoms with Crippen LogP contribution in [0.2, 0.25) is 0 Å². The Bertz CT molecular complexity index is 583. The number of methoxy groups -OCH3 is 1. The number of nitrogens with one attached hydrogen (secondary N) is 3. The first-order valence-corrected chi connectivity index (χ1v) is 8.21. The molecule has 0 aliphatic heterocycles. The summed E-state index contributed by atoms with van der Waals surface area (Å²) in [6.07, 6.45) is 0. The molecule has 25 heavy (non-hydrogen) atoms. The van der Waals surface area contributed by atoms with E-state index in [1.165, 1.54) is 0 Å².